The quantitative estimate of drug-likeness (QED) is 0.139. The van der Waals surface area contributed by atoms with Crippen LogP contribution in [-0.2, 0) is 25.7 Å². The summed E-state index contributed by atoms with van der Waals surface area (Å²) in [5.74, 6) is -2.41. The molecule has 1 heterocycles. The number of esters is 2. The summed E-state index contributed by atoms with van der Waals surface area (Å²) in [6, 6.07) is 21.8. The average molecular weight is 571 g/mol. The average Bonchev–Trinajstić information content (AvgIpc) is 2.99. The molecule has 42 heavy (non-hydrogen) atoms. The number of nitro groups is 1. The third-order valence-electron chi connectivity index (χ3n) is 6.65. The van der Waals surface area contributed by atoms with E-state index >= 15 is 0 Å². The van der Waals surface area contributed by atoms with Crippen molar-refractivity contribution in [2.75, 3.05) is 13.2 Å². The number of non-ortho nitro benzene ring substituents is 1. The number of Topliss-reactive ketones (excluding diaryl/α,β-unsaturated/α-hetero) is 1. The van der Waals surface area contributed by atoms with Crippen LogP contribution in [0.5, 0.6) is 5.75 Å². The largest absolute Gasteiger partial charge is 0.489 e. The second-order valence-corrected chi connectivity index (χ2v) is 9.51. The van der Waals surface area contributed by atoms with Crippen LogP contribution in [0.25, 0.3) is 0 Å². The van der Waals surface area contributed by atoms with Crippen molar-refractivity contribution in [2.24, 2.45) is 0 Å². The molecule has 0 bridgehead atoms. The van der Waals surface area contributed by atoms with Gasteiger partial charge in [0.25, 0.3) is 5.69 Å². The minimum Gasteiger partial charge on any atom is -0.489 e. The van der Waals surface area contributed by atoms with E-state index in [9.17, 15) is 24.5 Å². The molecular formula is C32H30N2O8. The summed E-state index contributed by atoms with van der Waals surface area (Å²) in [5, 5.41) is 14.5. The molecule has 1 N–H and O–H groups in total. The van der Waals surface area contributed by atoms with Crippen molar-refractivity contribution in [3.05, 3.63) is 128 Å². The standard InChI is InChI=1S/C32H30N2O8/c1-4-40-31(36)28-20(2)33-21(3)29(30(28)24-11-8-12-25(17-24)34(38)39)32(37)42-19-27(35)23-13-15-26(16-14-23)41-18-22-9-6-5-7-10-22/h5-17,30,33H,4,18-19H2,1-3H3/t30-/m0/s1. The summed E-state index contributed by atoms with van der Waals surface area (Å²) in [7, 11) is 0. The minimum absolute atomic E-state index is 0.0432. The van der Waals surface area contributed by atoms with Crippen LogP contribution in [0.15, 0.2) is 101 Å². The van der Waals surface area contributed by atoms with Crippen LogP contribution in [0.4, 0.5) is 5.69 Å². The van der Waals surface area contributed by atoms with Crippen molar-refractivity contribution < 1.29 is 33.5 Å². The molecule has 0 saturated carbocycles. The van der Waals surface area contributed by atoms with Gasteiger partial charge in [-0.25, -0.2) is 9.59 Å². The Morgan fingerprint density at radius 2 is 1.50 bits per heavy atom. The lowest BCUT2D eigenvalue weighted by Gasteiger charge is -2.30. The van der Waals surface area contributed by atoms with Crippen LogP contribution in [0.3, 0.4) is 0 Å². The van der Waals surface area contributed by atoms with E-state index in [1.807, 2.05) is 30.3 Å². The topological polar surface area (TPSA) is 134 Å². The minimum atomic E-state index is -1.02. The van der Waals surface area contributed by atoms with E-state index in [2.05, 4.69) is 5.32 Å². The van der Waals surface area contributed by atoms with E-state index < -0.39 is 35.2 Å². The molecule has 0 amide bonds. The Hall–Kier alpha value is -5.25. The van der Waals surface area contributed by atoms with Crippen molar-refractivity contribution in [2.45, 2.75) is 33.3 Å². The van der Waals surface area contributed by atoms with E-state index in [0.717, 1.165) is 5.56 Å². The Labute approximate surface area is 242 Å². The molecule has 4 rings (SSSR count). The molecule has 0 radical (unpaired) electrons. The van der Waals surface area contributed by atoms with Gasteiger partial charge in [0, 0.05) is 29.1 Å². The zero-order chi connectivity index (χ0) is 30.2. The fourth-order valence-corrected chi connectivity index (χ4v) is 4.67. The van der Waals surface area contributed by atoms with Gasteiger partial charge in [0.1, 0.15) is 12.4 Å². The number of dihydropyridines is 1. The number of hydrogen-bond donors (Lipinski definition) is 1. The number of nitrogens with zero attached hydrogens (tertiary/aromatic N) is 1. The zero-order valence-corrected chi connectivity index (χ0v) is 23.4. The molecule has 0 aromatic heterocycles. The Kier molecular flexibility index (Phi) is 9.49. The number of carbonyl (C=O) groups excluding carboxylic acids is 3. The van der Waals surface area contributed by atoms with Gasteiger partial charge in [0.2, 0.25) is 0 Å². The first-order chi connectivity index (χ1) is 20.2. The van der Waals surface area contributed by atoms with Crippen LogP contribution in [0.1, 0.15) is 48.2 Å². The Morgan fingerprint density at radius 1 is 0.857 bits per heavy atom. The highest BCUT2D eigenvalue weighted by Crippen LogP contribution is 2.40. The van der Waals surface area contributed by atoms with Gasteiger partial charge in [0.15, 0.2) is 12.4 Å². The lowest BCUT2D eigenvalue weighted by atomic mass is 9.80. The maximum atomic E-state index is 13.5. The summed E-state index contributed by atoms with van der Waals surface area (Å²) in [6.07, 6.45) is 0. The van der Waals surface area contributed by atoms with Gasteiger partial charge in [-0.1, -0.05) is 42.5 Å². The number of rotatable bonds is 11. The van der Waals surface area contributed by atoms with Gasteiger partial charge in [-0.2, -0.15) is 0 Å². The molecule has 0 spiro atoms. The van der Waals surface area contributed by atoms with Crippen LogP contribution < -0.4 is 10.1 Å². The maximum absolute atomic E-state index is 13.5. The van der Waals surface area contributed by atoms with Crippen molar-refractivity contribution in [1.29, 1.82) is 0 Å². The predicted octanol–water partition coefficient (Wildman–Crippen LogP) is 5.40. The Morgan fingerprint density at radius 3 is 2.12 bits per heavy atom. The molecule has 0 unspecified atom stereocenters. The van der Waals surface area contributed by atoms with Crippen molar-refractivity contribution in [1.82, 2.24) is 5.32 Å². The fourth-order valence-electron chi connectivity index (χ4n) is 4.67. The first-order valence-electron chi connectivity index (χ1n) is 13.3. The van der Waals surface area contributed by atoms with Crippen LogP contribution in [0.2, 0.25) is 0 Å². The monoisotopic (exact) mass is 570 g/mol. The van der Waals surface area contributed by atoms with Crippen LogP contribution in [-0.4, -0.2) is 35.9 Å². The van der Waals surface area contributed by atoms with E-state index in [1.54, 1.807) is 51.1 Å². The summed E-state index contributed by atoms with van der Waals surface area (Å²) in [4.78, 5) is 50.2. The summed E-state index contributed by atoms with van der Waals surface area (Å²) in [6.45, 7) is 4.84. The van der Waals surface area contributed by atoms with Gasteiger partial charge in [-0.05, 0) is 56.2 Å². The van der Waals surface area contributed by atoms with Crippen molar-refractivity contribution in [3.8, 4) is 5.75 Å². The van der Waals surface area contributed by atoms with E-state index in [-0.39, 0.29) is 23.4 Å². The molecule has 10 heteroatoms. The SMILES string of the molecule is CCOC(=O)C1=C(C)NC(C)=C(C(=O)OCC(=O)c2ccc(OCc3ccccc3)cc2)[C@H]1c1cccc([N+](=O)[O-])c1. The molecule has 10 nitrogen and oxygen atoms in total. The van der Waals surface area contributed by atoms with Crippen LogP contribution in [0, 0.1) is 10.1 Å². The smallest absolute Gasteiger partial charge is 0.337 e. The molecule has 0 saturated heterocycles. The van der Waals surface area contributed by atoms with E-state index in [1.165, 1.54) is 18.2 Å². The molecule has 3 aromatic rings. The molecular weight excluding hydrogens is 540 g/mol. The van der Waals surface area contributed by atoms with Crippen molar-refractivity contribution in [3.63, 3.8) is 0 Å². The van der Waals surface area contributed by atoms with Gasteiger partial charge in [-0.3, -0.25) is 14.9 Å². The molecule has 216 valence electrons. The molecule has 0 fully saturated rings. The number of ether oxygens (including phenoxy) is 3. The van der Waals surface area contributed by atoms with Gasteiger partial charge in [0.05, 0.1) is 28.6 Å². The van der Waals surface area contributed by atoms with Crippen molar-refractivity contribution >= 4 is 23.4 Å². The third-order valence-corrected chi connectivity index (χ3v) is 6.65. The first-order valence-corrected chi connectivity index (χ1v) is 13.3. The number of allylic oxidation sites excluding steroid dienone is 2. The fraction of sp³-hybridized carbons (Fsp3) is 0.219. The number of hydrogen-bond acceptors (Lipinski definition) is 9. The van der Waals surface area contributed by atoms with E-state index in [0.29, 0.717) is 34.9 Å². The number of benzene rings is 3. The van der Waals surface area contributed by atoms with Gasteiger partial charge >= 0.3 is 11.9 Å². The zero-order valence-electron chi connectivity index (χ0n) is 23.4. The highest BCUT2D eigenvalue weighted by atomic mass is 16.6. The maximum Gasteiger partial charge on any atom is 0.337 e. The first kappa shape index (κ1) is 29.7. The number of ketones is 1. The normalized spacial score (nSPS) is 14.6. The van der Waals surface area contributed by atoms with Gasteiger partial charge in [-0.15, -0.1) is 0 Å². The second kappa shape index (κ2) is 13.4. The van der Waals surface area contributed by atoms with E-state index in [4.69, 9.17) is 14.2 Å². The molecule has 3 aromatic carbocycles. The Balaban J connectivity index is 1.52. The lowest BCUT2D eigenvalue weighted by Crippen LogP contribution is -2.33. The van der Waals surface area contributed by atoms with Gasteiger partial charge < -0.3 is 19.5 Å². The molecule has 0 aliphatic carbocycles. The number of nitro benzene ring substituents is 1. The highest BCUT2D eigenvalue weighted by Gasteiger charge is 2.38. The number of carbonyl (C=O) groups is 3. The molecule has 1 aliphatic rings. The molecule has 1 atom stereocenters. The summed E-state index contributed by atoms with van der Waals surface area (Å²) < 4.78 is 16.4. The van der Waals surface area contributed by atoms with Crippen LogP contribution >= 0.6 is 0 Å². The lowest BCUT2D eigenvalue weighted by molar-refractivity contribution is -0.384. The summed E-state index contributed by atoms with van der Waals surface area (Å²) in [5.41, 5.74) is 2.43. The molecule has 1 aliphatic heterocycles. The third kappa shape index (κ3) is 6.90. The summed E-state index contributed by atoms with van der Waals surface area (Å²) >= 11 is 0. The highest BCUT2D eigenvalue weighted by molar-refractivity contribution is 6.02. The predicted molar refractivity (Wildman–Crippen MR) is 154 cm³/mol. The number of nitrogens with one attached hydrogen (secondary N) is 1. The second-order valence-electron chi connectivity index (χ2n) is 9.51. The Bertz CT molecular complexity index is 1560.